The molecule has 1 nitrogen and oxygen atoms in total. The van der Waals surface area contributed by atoms with Crippen LogP contribution in [0.5, 0.6) is 0 Å². The largest absolute Gasteiger partial charge is 0.400 e. The van der Waals surface area contributed by atoms with Crippen molar-refractivity contribution >= 4 is 7.28 Å². The van der Waals surface area contributed by atoms with E-state index in [1.807, 2.05) is 7.05 Å². The number of hydrogen-bond acceptors (Lipinski definition) is 1. The second kappa shape index (κ2) is 3.59. The van der Waals surface area contributed by atoms with E-state index < -0.39 is 0 Å². The maximum atomic E-state index is 3.75. The molecule has 0 amide bonds. The molecule has 8 heavy (non-hydrogen) atoms. The van der Waals surface area contributed by atoms with Gasteiger partial charge in [0.1, 0.15) is 0 Å². The van der Waals surface area contributed by atoms with Crippen LogP contribution in [-0.4, -0.2) is 14.3 Å². The van der Waals surface area contributed by atoms with Crippen molar-refractivity contribution in [3.05, 3.63) is 12.2 Å². The van der Waals surface area contributed by atoms with Crippen molar-refractivity contribution in [1.82, 2.24) is 5.32 Å². The predicted molar refractivity (Wildman–Crippen MR) is 39.1 cm³/mol. The first-order valence-electron chi connectivity index (χ1n) is 2.88. The van der Waals surface area contributed by atoms with Gasteiger partial charge in [-0.2, -0.15) is 0 Å². The molecule has 0 fully saturated rings. The lowest BCUT2D eigenvalue weighted by Gasteiger charge is -2.03. The van der Waals surface area contributed by atoms with Gasteiger partial charge in [-0.25, -0.2) is 0 Å². The van der Waals surface area contributed by atoms with Crippen LogP contribution in [0.1, 0.15) is 13.8 Å². The highest BCUT2D eigenvalue weighted by molar-refractivity contribution is 6.46. The van der Waals surface area contributed by atoms with Crippen molar-refractivity contribution < 1.29 is 0 Å². The van der Waals surface area contributed by atoms with Crippen LogP contribution < -0.4 is 5.32 Å². The Kier molecular flexibility index (Phi) is 3.41. The predicted octanol–water partition coefficient (Wildman–Crippen LogP) is 1.21. The van der Waals surface area contributed by atoms with E-state index in [1.54, 1.807) is 0 Å². The fraction of sp³-hybridized carbons (Fsp3) is 0.667. The molecule has 0 aromatic rings. The number of nitrogens with one attached hydrogen (secondary N) is 1. The summed E-state index contributed by atoms with van der Waals surface area (Å²) in [5.74, 6) is 0.593. The molecule has 0 rings (SSSR count). The first-order valence-corrected chi connectivity index (χ1v) is 2.88. The van der Waals surface area contributed by atoms with E-state index in [0.717, 1.165) is 5.60 Å². The molecule has 1 radical (unpaired) electrons. The standard InChI is InChI=1S/C6H13BN/c1-5(2)7-6(3)8-4/h5,8H,3H2,1-2,4H3. The van der Waals surface area contributed by atoms with Crippen LogP contribution in [0.4, 0.5) is 0 Å². The van der Waals surface area contributed by atoms with Crippen LogP contribution in [0.3, 0.4) is 0 Å². The first-order chi connectivity index (χ1) is 3.66. The summed E-state index contributed by atoms with van der Waals surface area (Å²) in [5, 5.41) is 2.95. The molecule has 0 bridgehead atoms. The highest BCUT2D eigenvalue weighted by Gasteiger charge is 1.96. The van der Waals surface area contributed by atoms with Crippen molar-refractivity contribution in [1.29, 1.82) is 0 Å². The molecule has 0 saturated carbocycles. The van der Waals surface area contributed by atoms with Crippen molar-refractivity contribution in [2.24, 2.45) is 0 Å². The average molecular weight is 110 g/mol. The third-order valence-corrected chi connectivity index (χ3v) is 0.856. The zero-order valence-electron chi connectivity index (χ0n) is 5.86. The van der Waals surface area contributed by atoms with E-state index in [9.17, 15) is 0 Å². The Labute approximate surface area is 52.4 Å². The van der Waals surface area contributed by atoms with E-state index >= 15 is 0 Å². The average Bonchev–Trinajstić information content (AvgIpc) is 1.65. The molecule has 0 aliphatic heterocycles. The summed E-state index contributed by atoms with van der Waals surface area (Å²) in [6.07, 6.45) is 0. The minimum absolute atomic E-state index is 0.593. The third-order valence-electron chi connectivity index (χ3n) is 0.856. The van der Waals surface area contributed by atoms with Gasteiger partial charge in [0.25, 0.3) is 0 Å². The fourth-order valence-electron chi connectivity index (χ4n) is 0.486. The molecule has 0 aromatic heterocycles. The molecular weight excluding hydrogens is 96.9 g/mol. The molecule has 0 aliphatic carbocycles. The summed E-state index contributed by atoms with van der Waals surface area (Å²) >= 11 is 0. The fourth-order valence-corrected chi connectivity index (χ4v) is 0.486. The summed E-state index contributed by atoms with van der Waals surface area (Å²) in [7, 11) is 3.96. The molecular formula is C6H13BN. The maximum absolute atomic E-state index is 3.75. The Balaban J connectivity index is 3.25. The third kappa shape index (κ3) is 3.78. The molecule has 0 aromatic carbocycles. The minimum Gasteiger partial charge on any atom is -0.400 e. The Morgan fingerprint density at radius 2 is 2.12 bits per heavy atom. The van der Waals surface area contributed by atoms with Crippen molar-refractivity contribution in [3.63, 3.8) is 0 Å². The molecule has 45 valence electrons. The van der Waals surface area contributed by atoms with Gasteiger partial charge in [0, 0.05) is 7.05 Å². The van der Waals surface area contributed by atoms with Gasteiger partial charge in [-0.3, -0.25) is 0 Å². The topological polar surface area (TPSA) is 12.0 Å². The van der Waals surface area contributed by atoms with Gasteiger partial charge in [0.2, 0.25) is 0 Å². The van der Waals surface area contributed by atoms with Crippen LogP contribution in [-0.2, 0) is 0 Å². The highest BCUT2D eigenvalue weighted by atomic mass is 14.8. The zero-order chi connectivity index (χ0) is 6.57. The van der Waals surface area contributed by atoms with Gasteiger partial charge in [-0.15, -0.1) is 0 Å². The molecule has 0 unspecified atom stereocenters. The second-order valence-electron chi connectivity index (χ2n) is 2.19. The first kappa shape index (κ1) is 7.60. The van der Waals surface area contributed by atoms with Crippen molar-refractivity contribution in [2.45, 2.75) is 19.7 Å². The Bertz CT molecular complexity index is 78.6. The maximum Gasteiger partial charge on any atom is 0.175 e. The lowest BCUT2D eigenvalue weighted by Crippen LogP contribution is -2.12. The summed E-state index contributed by atoms with van der Waals surface area (Å²) in [6, 6.07) is 0. The zero-order valence-corrected chi connectivity index (χ0v) is 5.86. The smallest absolute Gasteiger partial charge is 0.175 e. The van der Waals surface area contributed by atoms with Gasteiger partial charge in [-0.05, 0) is 5.60 Å². The van der Waals surface area contributed by atoms with E-state index in [1.165, 1.54) is 0 Å². The SMILES string of the molecule is C=C([B]C(C)C)NC. The normalized spacial score (nSPS) is 9.00. The molecule has 0 heterocycles. The Morgan fingerprint density at radius 3 is 2.25 bits per heavy atom. The van der Waals surface area contributed by atoms with Crippen LogP contribution in [0.25, 0.3) is 0 Å². The van der Waals surface area contributed by atoms with Gasteiger partial charge in [-0.1, -0.05) is 26.2 Å². The summed E-state index contributed by atoms with van der Waals surface area (Å²) in [5.41, 5.74) is 1.00. The van der Waals surface area contributed by atoms with Crippen LogP contribution >= 0.6 is 0 Å². The number of hydrogen-bond donors (Lipinski definition) is 1. The van der Waals surface area contributed by atoms with Crippen molar-refractivity contribution in [2.75, 3.05) is 7.05 Å². The van der Waals surface area contributed by atoms with Gasteiger partial charge in [0.05, 0.1) is 0 Å². The minimum atomic E-state index is 0.593. The molecule has 0 saturated heterocycles. The Hall–Kier alpha value is -0.395. The van der Waals surface area contributed by atoms with Crippen molar-refractivity contribution in [3.8, 4) is 0 Å². The van der Waals surface area contributed by atoms with Gasteiger partial charge >= 0.3 is 0 Å². The number of rotatable bonds is 3. The molecule has 2 heteroatoms. The molecule has 0 atom stereocenters. The lowest BCUT2D eigenvalue weighted by molar-refractivity contribution is 1.02. The second-order valence-corrected chi connectivity index (χ2v) is 2.19. The van der Waals surface area contributed by atoms with Gasteiger partial charge in [0.15, 0.2) is 7.28 Å². The quantitative estimate of drug-likeness (QED) is 0.538. The Morgan fingerprint density at radius 1 is 1.62 bits per heavy atom. The van der Waals surface area contributed by atoms with E-state index in [2.05, 4.69) is 33.0 Å². The molecule has 1 N–H and O–H groups in total. The van der Waals surface area contributed by atoms with E-state index in [-0.39, 0.29) is 0 Å². The summed E-state index contributed by atoms with van der Waals surface area (Å²) < 4.78 is 0. The highest BCUT2D eigenvalue weighted by Crippen LogP contribution is 1.99. The van der Waals surface area contributed by atoms with Crippen LogP contribution in [0.15, 0.2) is 12.2 Å². The van der Waals surface area contributed by atoms with Crippen LogP contribution in [0, 0.1) is 0 Å². The summed E-state index contributed by atoms with van der Waals surface area (Å²) in [6.45, 7) is 8.00. The van der Waals surface area contributed by atoms with Crippen LogP contribution in [0.2, 0.25) is 5.82 Å². The molecule has 0 aliphatic rings. The summed E-state index contributed by atoms with van der Waals surface area (Å²) in [4.78, 5) is 0. The van der Waals surface area contributed by atoms with Gasteiger partial charge < -0.3 is 5.32 Å². The lowest BCUT2D eigenvalue weighted by atomic mass is 9.64. The monoisotopic (exact) mass is 110 g/mol. The van der Waals surface area contributed by atoms with E-state index in [4.69, 9.17) is 0 Å². The van der Waals surface area contributed by atoms with E-state index in [0.29, 0.717) is 5.82 Å². The molecule has 0 spiro atoms.